The van der Waals surface area contributed by atoms with Crippen LogP contribution in [-0.2, 0) is 26.0 Å². The number of hydrogen-bond acceptors (Lipinski definition) is 6. The van der Waals surface area contributed by atoms with Crippen molar-refractivity contribution in [3.8, 4) is 0 Å². The lowest BCUT2D eigenvalue weighted by Crippen LogP contribution is -2.42. The number of rotatable bonds is 7. The van der Waals surface area contributed by atoms with E-state index in [1.807, 2.05) is 0 Å². The van der Waals surface area contributed by atoms with Crippen LogP contribution in [0.5, 0.6) is 0 Å². The predicted octanol–water partition coefficient (Wildman–Crippen LogP) is 1.96. The molecule has 0 aliphatic rings. The second-order valence-corrected chi connectivity index (χ2v) is 8.11. The molecule has 0 aliphatic heterocycles. The largest absolute Gasteiger partial charge is 0.468 e. The summed E-state index contributed by atoms with van der Waals surface area (Å²) in [7, 11) is -4.03. The van der Waals surface area contributed by atoms with Crippen molar-refractivity contribution in [2.45, 2.75) is 16.7 Å². The average molecular weight is 420 g/mol. The van der Waals surface area contributed by atoms with Crippen LogP contribution >= 0.6 is 0 Å². The Morgan fingerprint density at radius 3 is 2.21 bits per heavy atom. The zero-order valence-corrected chi connectivity index (χ0v) is 15.8. The van der Waals surface area contributed by atoms with Crippen molar-refractivity contribution in [1.29, 1.82) is 0 Å². The van der Waals surface area contributed by atoms with E-state index in [0.29, 0.717) is 5.76 Å². The highest BCUT2D eigenvalue weighted by Gasteiger charge is 2.32. The molecular weight excluding hydrogens is 403 g/mol. The van der Waals surface area contributed by atoms with Crippen LogP contribution < -0.4 is 10.6 Å². The van der Waals surface area contributed by atoms with Crippen molar-refractivity contribution in [3.05, 3.63) is 78.4 Å². The highest BCUT2D eigenvalue weighted by Crippen LogP contribution is 2.29. The first-order valence-corrected chi connectivity index (χ1v) is 10.0. The number of carbonyl (C=O) groups is 2. The van der Waals surface area contributed by atoms with Crippen LogP contribution in [0, 0.1) is 5.82 Å². The fourth-order valence-corrected chi connectivity index (χ4v) is 4.14. The van der Waals surface area contributed by atoms with Crippen LogP contribution in [-0.4, -0.2) is 26.8 Å². The second-order valence-electron chi connectivity index (χ2n) is 5.98. The Hall–Kier alpha value is -3.40. The van der Waals surface area contributed by atoms with Gasteiger partial charge in [0.25, 0.3) is 0 Å². The molecule has 0 unspecified atom stereocenters. The van der Waals surface area contributed by atoms with E-state index < -0.39 is 39.3 Å². The second kappa shape index (κ2) is 8.74. The molecule has 10 heteroatoms. The van der Waals surface area contributed by atoms with Crippen LogP contribution in [0.2, 0.25) is 0 Å². The summed E-state index contributed by atoms with van der Waals surface area (Å²) < 4.78 is 49.3. The molecule has 2 N–H and O–H groups in total. The van der Waals surface area contributed by atoms with Gasteiger partial charge in [-0.05, 0) is 48.5 Å². The van der Waals surface area contributed by atoms with Gasteiger partial charge in [0.2, 0.25) is 0 Å². The number of furan rings is 2. The van der Waals surface area contributed by atoms with Gasteiger partial charge >= 0.3 is 11.8 Å². The summed E-state index contributed by atoms with van der Waals surface area (Å²) in [6, 6.07) is 10.5. The van der Waals surface area contributed by atoms with Crippen molar-refractivity contribution in [1.82, 2.24) is 10.6 Å². The van der Waals surface area contributed by atoms with Crippen LogP contribution in [0.15, 0.2) is 74.8 Å². The first kappa shape index (κ1) is 20.3. The van der Waals surface area contributed by atoms with E-state index in [1.165, 1.54) is 24.7 Å². The number of halogens is 1. The van der Waals surface area contributed by atoms with Crippen molar-refractivity contribution in [3.63, 3.8) is 0 Å². The fraction of sp³-hybridized carbons (Fsp3) is 0.158. The van der Waals surface area contributed by atoms with E-state index in [0.717, 1.165) is 24.3 Å². The molecular formula is C19H17FN2O6S. The van der Waals surface area contributed by atoms with E-state index in [-0.39, 0.29) is 17.2 Å². The molecule has 152 valence electrons. The summed E-state index contributed by atoms with van der Waals surface area (Å²) in [5.74, 6) is -2.01. The number of carbonyl (C=O) groups excluding carboxylic acids is 2. The Morgan fingerprint density at radius 1 is 0.931 bits per heavy atom. The third kappa shape index (κ3) is 4.91. The van der Waals surface area contributed by atoms with Gasteiger partial charge in [0.15, 0.2) is 9.84 Å². The lowest BCUT2D eigenvalue weighted by molar-refractivity contribution is -0.139. The molecule has 0 bridgehead atoms. The van der Waals surface area contributed by atoms with Crippen molar-refractivity contribution in [2.24, 2.45) is 0 Å². The molecule has 3 rings (SSSR count). The lowest BCUT2D eigenvalue weighted by atomic mass is 10.3. The van der Waals surface area contributed by atoms with E-state index in [2.05, 4.69) is 10.6 Å². The van der Waals surface area contributed by atoms with E-state index in [1.54, 1.807) is 12.1 Å². The Morgan fingerprint density at radius 2 is 1.59 bits per heavy atom. The van der Waals surface area contributed by atoms with Gasteiger partial charge in [-0.15, -0.1) is 0 Å². The molecule has 2 aromatic heterocycles. The molecule has 29 heavy (non-hydrogen) atoms. The average Bonchev–Trinajstić information content (AvgIpc) is 3.40. The topological polar surface area (TPSA) is 119 Å². The van der Waals surface area contributed by atoms with Crippen molar-refractivity contribution >= 4 is 21.7 Å². The van der Waals surface area contributed by atoms with E-state index in [4.69, 9.17) is 8.83 Å². The first-order valence-electron chi connectivity index (χ1n) is 8.49. The molecule has 0 spiro atoms. The molecule has 1 atom stereocenters. The number of hydrogen-bond donors (Lipinski definition) is 2. The SMILES string of the molecule is O=C(NCc1ccco1)C(=O)NC[C@@H](c1ccco1)S(=O)(=O)c1ccc(F)cc1. The van der Waals surface area contributed by atoms with Gasteiger partial charge in [-0.2, -0.15) is 0 Å². The third-order valence-electron chi connectivity index (χ3n) is 4.03. The molecule has 0 saturated heterocycles. The van der Waals surface area contributed by atoms with E-state index >= 15 is 0 Å². The summed E-state index contributed by atoms with van der Waals surface area (Å²) in [6.07, 6.45) is 2.72. The minimum Gasteiger partial charge on any atom is -0.468 e. The maximum absolute atomic E-state index is 13.1. The molecule has 0 fully saturated rings. The lowest BCUT2D eigenvalue weighted by Gasteiger charge is -2.16. The molecule has 8 nitrogen and oxygen atoms in total. The summed E-state index contributed by atoms with van der Waals surface area (Å²) in [5.41, 5.74) is 0. The van der Waals surface area contributed by atoms with E-state index in [9.17, 15) is 22.4 Å². The molecule has 2 amide bonds. The molecule has 3 aromatic rings. The van der Waals surface area contributed by atoms with Gasteiger partial charge in [-0.1, -0.05) is 0 Å². The highest BCUT2D eigenvalue weighted by atomic mass is 32.2. The van der Waals surface area contributed by atoms with Gasteiger partial charge in [-0.3, -0.25) is 9.59 Å². The first-order chi connectivity index (χ1) is 13.9. The minimum atomic E-state index is -4.03. The minimum absolute atomic E-state index is 0.00867. The Bertz CT molecular complexity index is 1060. The van der Waals surface area contributed by atoms with Crippen LogP contribution in [0.3, 0.4) is 0 Å². The predicted molar refractivity (Wildman–Crippen MR) is 98.6 cm³/mol. The van der Waals surface area contributed by atoms with Crippen LogP contribution in [0.4, 0.5) is 4.39 Å². The third-order valence-corrected chi connectivity index (χ3v) is 6.11. The Balaban J connectivity index is 1.70. The summed E-state index contributed by atoms with van der Waals surface area (Å²) in [4.78, 5) is 23.8. The van der Waals surface area contributed by atoms with Gasteiger partial charge in [0.05, 0.1) is 24.0 Å². The number of amides is 2. The smallest absolute Gasteiger partial charge is 0.309 e. The zero-order valence-electron chi connectivity index (χ0n) is 15.0. The summed E-state index contributed by atoms with van der Waals surface area (Å²) in [6.45, 7) is -0.408. The fourth-order valence-electron chi connectivity index (χ4n) is 2.55. The number of sulfone groups is 1. The molecule has 0 aliphatic carbocycles. The summed E-state index contributed by atoms with van der Waals surface area (Å²) >= 11 is 0. The zero-order chi connectivity index (χ0) is 20.9. The molecule has 2 heterocycles. The monoisotopic (exact) mass is 420 g/mol. The standard InChI is InChI=1S/C19H17FN2O6S/c20-13-5-7-15(8-6-13)29(25,26)17(16-4-2-10-28-16)12-22-19(24)18(23)21-11-14-3-1-9-27-14/h1-10,17H,11-12H2,(H,21,23)(H,22,24)/t17-/m0/s1. The maximum Gasteiger partial charge on any atom is 0.309 e. The number of nitrogens with one attached hydrogen (secondary N) is 2. The Kier molecular flexibility index (Phi) is 6.13. The Labute approximate surface area is 165 Å². The highest BCUT2D eigenvalue weighted by molar-refractivity contribution is 7.91. The quantitative estimate of drug-likeness (QED) is 0.446. The normalized spacial score (nSPS) is 12.3. The van der Waals surface area contributed by atoms with Gasteiger partial charge < -0.3 is 19.5 Å². The summed E-state index contributed by atoms with van der Waals surface area (Å²) in [5, 5.41) is 3.35. The van der Waals surface area contributed by atoms with Gasteiger partial charge in [0.1, 0.15) is 22.6 Å². The van der Waals surface area contributed by atoms with Crippen molar-refractivity contribution < 1.29 is 31.2 Å². The van der Waals surface area contributed by atoms with Crippen LogP contribution in [0.25, 0.3) is 0 Å². The molecule has 0 radical (unpaired) electrons. The number of benzene rings is 1. The van der Waals surface area contributed by atoms with Gasteiger partial charge in [0, 0.05) is 6.54 Å². The molecule has 0 saturated carbocycles. The van der Waals surface area contributed by atoms with Crippen LogP contribution in [0.1, 0.15) is 16.8 Å². The molecule has 1 aromatic carbocycles. The van der Waals surface area contributed by atoms with Crippen molar-refractivity contribution in [2.75, 3.05) is 6.54 Å². The van der Waals surface area contributed by atoms with Gasteiger partial charge in [-0.25, -0.2) is 12.8 Å². The maximum atomic E-state index is 13.1.